The van der Waals surface area contributed by atoms with Crippen LogP contribution in [0.4, 0.5) is 70.2 Å². The molecule has 1 heterocycles. The maximum atomic E-state index is 13.9. The highest BCUT2D eigenvalue weighted by Crippen LogP contribution is 2.64. The molecule has 2 atom stereocenters. The molecule has 1 aliphatic heterocycles. The zero-order valence-electron chi connectivity index (χ0n) is 14.2. The van der Waals surface area contributed by atoms with Gasteiger partial charge in [0.1, 0.15) is 0 Å². The molecule has 0 amide bonds. The van der Waals surface area contributed by atoms with Gasteiger partial charge in [-0.15, -0.1) is 0 Å². The highest BCUT2D eigenvalue weighted by atomic mass is 19.4. The normalized spacial score (nSPS) is 30.3. The Morgan fingerprint density at radius 2 is 1.13 bits per heavy atom. The maximum Gasteiger partial charge on any atom is 0.457 e. The molecule has 19 heteroatoms. The number of rotatable bonds is 5. The number of ether oxygens (including phenoxy) is 2. The Balaban J connectivity index is 3.96. The number of hydrogen-bond acceptors (Lipinski definition) is 3. The van der Waals surface area contributed by atoms with E-state index in [0.29, 0.717) is 0 Å². The predicted octanol–water partition coefficient (Wildman–Crippen LogP) is 6.09. The van der Waals surface area contributed by atoms with Crippen molar-refractivity contribution < 1.29 is 79.7 Å². The van der Waals surface area contributed by atoms with Crippen LogP contribution < -0.4 is 0 Å². The van der Waals surface area contributed by atoms with E-state index < -0.39 is 72.0 Å². The largest absolute Gasteiger partial charge is 0.457 e. The van der Waals surface area contributed by atoms with Crippen LogP contribution in [0.25, 0.3) is 0 Å². The fourth-order valence-electron chi connectivity index (χ4n) is 2.00. The molecule has 0 spiro atoms. The van der Waals surface area contributed by atoms with Crippen LogP contribution in [-0.2, 0) is 9.47 Å². The first kappa shape index (κ1) is 27.4. The topological polar surface area (TPSA) is 21.7 Å². The summed E-state index contributed by atoms with van der Waals surface area (Å²) in [6.07, 6.45) is -21.3. The van der Waals surface area contributed by atoms with E-state index in [9.17, 15) is 70.2 Å². The summed E-state index contributed by atoms with van der Waals surface area (Å²) in [7, 11) is 0. The molecule has 0 radical (unpaired) electrons. The van der Waals surface area contributed by atoms with Gasteiger partial charge in [-0.1, -0.05) is 6.92 Å². The van der Waals surface area contributed by atoms with Crippen LogP contribution in [0.15, 0.2) is 11.8 Å². The second-order valence-electron chi connectivity index (χ2n) is 5.68. The quantitative estimate of drug-likeness (QED) is 0.337. The summed E-state index contributed by atoms with van der Waals surface area (Å²) in [6, 6.07) is -14.9. The molecule has 0 N–H and O–H groups in total. The third-order valence-electron chi connectivity index (χ3n) is 3.47. The van der Waals surface area contributed by atoms with Crippen molar-refractivity contribution in [3.05, 3.63) is 11.8 Å². The van der Waals surface area contributed by atoms with Gasteiger partial charge in [-0.05, 0) is 6.42 Å². The summed E-state index contributed by atoms with van der Waals surface area (Å²) in [6.45, 7) is -0.241. The molecule has 1 aliphatic rings. The highest BCUT2D eigenvalue weighted by molar-refractivity contribution is 5.17. The Morgan fingerprint density at radius 3 is 1.42 bits per heavy atom. The number of alkyl halides is 14. The standard InChI is InChI=1S/C12H7F16NO2/c1-2-3-30-6(15,16)4(13)5(14)29-11(25,26)7(17,9(19,20)21)31-8(18,10(22,23)24)12(29,27)28/h2-3H2,1H3/b5-4-. The molecule has 184 valence electrons. The summed E-state index contributed by atoms with van der Waals surface area (Å²) in [4.78, 5) is -3.71. The third-order valence-corrected chi connectivity index (χ3v) is 3.47. The van der Waals surface area contributed by atoms with Crippen LogP contribution in [0.2, 0.25) is 0 Å². The molecule has 1 fully saturated rings. The fraction of sp³-hybridized carbons (Fsp3) is 0.833. The molecular weight excluding hydrogens is 494 g/mol. The van der Waals surface area contributed by atoms with E-state index in [2.05, 4.69) is 4.74 Å². The monoisotopic (exact) mass is 501 g/mol. The smallest absolute Gasteiger partial charge is 0.315 e. The van der Waals surface area contributed by atoms with E-state index in [0.717, 1.165) is 6.92 Å². The molecule has 1 rings (SSSR count). The van der Waals surface area contributed by atoms with Gasteiger partial charge in [-0.3, -0.25) is 4.74 Å². The lowest BCUT2D eigenvalue weighted by Crippen LogP contribution is -2.81. The van der Waals surface area contributed by atoms with Gasteiger partial charge < -0.3 is 4.74 Å². The summed E-state index contributed by atoms with van der Waals surface area (Å²) < 4.78 is 218. The van der Waals surface area contributed by atoms with E-state index >= 15 is 0 Å². The summed E-state index contributed by atoms with van der Waals surface area (Å²) >= 11 is 0. The molecule has 1 saturated heterocycles. The molecule has 0 saturated carbocycles. The lowest BCUT2D eigenvalue weighted by atomic mass is 10.1. The van der Waals surface area contributed by atoms with Gasteiger partial charge in [-0.25, -0.2) is 4.90 Å². The van der Waals surface area contributed by atoms with Gasteiger partial charge in [-0.2, -0.15) is 70.2 Å². The lowest BCUT2D eigenvalue weighted by molar-refractivity contribution is -0.574. The number of morpholine rings is 1. The van der Waals surface area contributed by atoms with Crippen LogP contribution in [0.1, 0.15) is 13.3 Å². The Labute approximate surface area is 160 Å². The van der Waals surface area contributed by atoms with E-state index in [1.807, 2.05) is 0 Å². The van der Waals surface area contributed by atoms with Crippen molar-refractivity contribution in [3.8, 4) is 0 Å². The molecule has 0 aliphatic carbocycles. The molecule has 3 nitrogen and oxygen atoms in total. The van der Waals surface area contributed by atoms with Gasteiger partial charge in [0.15, 0.2) is 0 Å². The van der Waals surface area contributed by atoms with Crippen molar-refractivity contribution in [2.45, 2.75) is 55.6 Å². The van der Waals surface area contributed by atoms with Gasteiger partial charge in [0.05, 0.1) is 6.61 Å². The van der Waals surface area contributed by atoms with Crippen molar-refractivity contribution in [3.63, 3.8) is 0 Å². The van der Waals surface area contributed by atoms with Crippen molar-refractivity contribution in [2.75, 3.05) is 6.61 Å². The Kier molecular flexibility index (Phi) is 6.57. The minimum atomic E-state index is -7.52. The van der Waals surface area contributed by atoms with Crippen LogP contribution in [0.5, 0.6) is 0 Å². The van der Waals surface area contributed by atoms with Gasteiger partial charge >= 0.3 is 42.3 Å². The second kappa shape index (κ2) is 7.45. The molecular formula is C12H7F16NO2. The number of halogens is 16. The Morgan fingerprint density at radius 1 is 0.774 bits per heavy atom. The second-order valence-corrected chi connectivity index (χ2v) is 5.68. The van der Waals surface area contributed by atoms with E-state index in [1.54, 1.807) is 4.74 Å². The molecule has 0 aromatic carbocycles. The van der Waals surface area contributed by atoms with Crippen LogP contribution in [0.3, 0.4) is 0 Å². The van der Waals surface area contributed by atoms with E-state index in [1.165, 1.54) is 0 Å². The van der Waals surface area contributed by atoms with Crippen LogP contribution in [0, 0.1) is 0 Å². The zero-order valence-corrected chi connectivity index (χ0v) is 14.2. The number of hydrogen-bond donors (Lipinski definition) is 0. The highest BCUT2D eigenvalue weighted by Gasteiger charge is 2.93. The van der Waals surface area contributed by atoms with Crippen molar-refractivity contribution in [2.24, 2.45) is 0 Å². The minimum absolute atomic E-state index is 0.461. The van der Waals surface area contributed by atoms with Gasteiger partial charge in [0.25, 0.3) is 5.83 Å². The minimum Gasteiger partial charge on any atom is -0.315 e. The fourth-order valence-corrected chi connectivity index (χ4v) is 2.00. The molecule has 2 unspecified atom stereocenters. The lowest BCUT2D eigenvalue weighted by Gasteiger charge is -2.53. The van der Waals surface area contributed by atoms with Crippen LogP contribution >= 0.6 is 0 Å². The first-order chi connectivity index (χ1) is 13.5. The maximum absolute atomic E-state index is 13.9. The summed E-state index contributed by atoms with van der Waals surface area (Å²) in [5.74, 6) is -23.7. The molecule has 0 bridgehead atoms. The number of nitrogens with zero attached hydrogens (tertiary/aromatic N) is 1. The molecule has 0 aromatic rings. The molecule has 31 heavy (non-hydrogen) atoms. The Bertz CT molecular complexity index is 676. The zero-order chi connectivity index (χ0) is 25.1. The third kappa shape index (κ3) is 3.86. The van der Waals surface area contributed by atoms with Crippen molar-refractivity contribution >= 4 is 0 Å². The van der Waals surface area contributed by atoms with E-state index in [4.69, 9.17) is 0 Å². The first-order valence-corrected chi connectivity index (χ1v) is 7.30. The van der Waals surface area contributed by atoms with Gasteiger partial charge in [0.2, 0.25) is 5.95 Å². The first-order valence-electron chi connectivity index (χ1n) is 7.30. The SMILES string of the molecule is CCCOC(F)(F)/C(F)=C(\F)N1C(F)(F)C(F)(C(F)(F)F)OC(F)(C(F)(F)F)C1(F)F. The van der Waals surface area contributed by atoms with Crippen molar-refractivity contribution in [1.82, 2.24) is 4.90 Å². The van der Waals surface area contributed by atoms with Crippen molar-refractivity contribution in [1.29, 1.82) is 0 Å². The van der Waals surface area contributed by atoms with E-state index in [-0.39, 0.29) is 0 Å². The summed E-state index contributed by atoms with van der Waals surface area (Å²) in [5, 5.41) is 0. The Hall–Kier alpha value is -1.66. The molecule has 0 aromatic heterocycles. The van der Waals surface area contributed by atoms with Gasteiger partial charge in [0, 0.05) is 0 Å². The average Bonchev–Trinajstić information content (AvgIpc) is 2.55. The predicted molar refractivity (Wildman–Crippen MR) is 63.0 cm³/mol. The average molecular weight is 501 g/mol. The summed E-state index contributed by atoms with van der Waals surface area (Å²) in [5.41, 5.74) is 0. The van der Waals surface area contributed by atoms with Crippen LogP contribution in [-0.4, -0.2) is 53.8 Å².